The number of halogens is 1. The number of hydrogen-bond acceptors (Lipinski definition) is 6. The van der Waals surface area contributed by atoms with E-state index in [1.54, 1.807) is 30.1 Å². The third-order valence-corrected chi connectivity index (χ3v) is 9.46. The fraction of sp³-hybridized carbons (Fsp3) is 0.370. The van der Waals surface area contributed by atoms with Crippen LogP contribution in [0.3, 0.4) is 0 Å². The van der Waals surface area contributed by atoms with Crippen LogP contribution < -0.4 is 5.76 Å². The minimum absolute atomic E-state index is 0.0319. The normalized spacial score (nSPS) is 18.7. The van der Waals surface area contributed by atoms with Crippen molar-refractivity contribution < 1.29 is 22.0 Å². The van der Waals surface area contributed by atoms with Crippen molar-refractivity contribution in [3.05, 3.63) is 70.6 Å². The molecule has 1 fully saturated rings. The maximum absolute atomic E-state index is 13.6. The number of sulfonamides is 1. The molecular formula is C27H28FN5O5S. The molecule has 0 radical (unpaired) electrons. The molecule has 1 amide bonds. The standard InChI is InChI=1S/C27H28FN5O5S/c1-30-24-10-9-22(15-25(24)38-27(30)35)39(36,37)32-12-2-4-19(16-32)26(34)31-11-3-13-33-21(17-31)14-23(29-33)18-5-7-20(28)8-6-18/h5-10,14-15,19H,2-4,11-13,16-17H2,1H3. The summed E-state index contributed by atoms with van der Waals surface area (Å²) in [5.41, 5.74) is 3.12. The summed E-state index contributed by atoms with van der Waals surface area (Å²) in [6.07, 6.45) is 1.90. The van der Waals surface area contributed by atoms with Crippen LogP contribution in [0.5, 0.6) is 0 Å². The number of aromatic nitrogens is 3. The first-order valence-corrected chi connectivity index (χ1v) is 14.4. The summed E-state index contributed by atoms with van der Waals surface area (Å²) in [5, 5.41) is 4.66. The summed E-state index contributed by atoms with van der Waals surface area (Å²) in [4.78, 5) is 27.3. The second kappa shape index (κ2) is 9.76. The number of nitrogens with zero attached hydrogens (tertiary/aromatic N) is 5. The molecule has 6 rings (SSSR count). The first kappa shape index (κ1) is 25.5. The minimum atomic E-state index is -3.89. The summed E-state index contributed by atoms with van der Waals surface area (Å²) in [6.45, 7) is 2.00. The van der Waals surface area contributed by atoms with Crippen LogP contribution in [0.15, 0.2) is 62.6 Å². The van der Waals surface area contributed by atoms with Crippen molar-refractivity contribution in [1.29, 1.82) is 0 Å². The van der Waals surface area contributed by atoms with Crippen molar-refractivity contribution in [2.45, 2.75) is 37.2 Å². The van der Waals surface area contributed by atoms with Gasteiger partial charge in [-0.15, -0.1) is 0 Å². The first-order chi connectivity index (χ1) is 18.7. The molecule has 204 valence electrons. The van der Waals surface area contributed by atoms with E-state index in [2.05, 4.69) is 5.10 Å². The van der Waals surface area contributed by atoms with Crippen molar-refractivity contribution in [3.63, 3.8) is 0 Å². The average molecular weight is 554 g/mol. The summed E-state index contributed by atoms with van der Waals surface area (Å²) in [6, 6.07) is 12.5. The SMILES string of the molecule is Cn1c(=O)oc2cc(S(=O)(=O)N3CCCC(C(=O)N4CCCn5nc(-c6ccc(F)cc6)cc5C4)C3)ccc21. The molecular weight excluding hydrogens is 525 g/mol. The summed E-state index contributed by atoms with van der Waals surface area (Å²) in [5.74, 6) is -1.41. The molecule has 12 heteroatoms. The van der Waals surface area contributed by atoms with Crippen molar-refractivity contribution in [1.82, 2.24) is 23.6 Å². The predicted octanol–water partition coefficient (Wildman–Crippen LogP) is 2.97. The Bertz CT molecular complexity index is 1720. The van der Waals surface area contributed by atoms with Crippen molar-refractivity contribution in [3.8, 4) is 11.3 Å². The summed E-state index contributed by atoms with van der Waals surface area (Å²) >= 11 is 0. The van der Waals surface area contributed by atoms with Gasteiger partial charge in [-0.25, -0.2) is 17.6 Å². The maximum Gasteiger partial charge on any atom is 0.419 e. The van der Waals surface area contributed by atoms with Gasteiger partial charge in [-0.2, -0.15) is 9.40 Å². The lowest BCUT2D eigenvalue weighted by Crippen LogP contribution is -2.46. The zero-order chi connectivity index (χ0) is 27.3. The molecule has 0 aliphatic carbocycles. The molecule has 2 aromatic heterocycles. The molecule has 10 nitrogen and oxygen atoms in total. The zero-order valence-electron chi connectivity index (χ0n) is 21.4. The lowest BCUT2D eigenvalue weighted by Gasteiger charge is -2.34. The van der Waals surface area contributed by atoms with Gasteiger partial charge in [-0.3, -0.25) is 14.0 Å². The third kappa shape index (κ3) is 4.67. The highest BCUT2D eigenvalue weighted by atomic mass is 32.2. The third-order valence-electron chi connectivity index (χ3n) is 7.60. The number of carbonyl (C=O) groups is 1. The Labute approximate surface area is 224 Å². The van der Waals surface area contributed by atoms with E-state index in [4.69, 9.17) is 4.42 Å². The number of fused-ring (bicyclic) bond motifs is 2. The number of benzene rings is 2. The van der Waals surface area contributed by atoms with E-state index in [9.17, 15) is 22.4 Å². The van der Waals surface area contributed by atoms with Gasteiger partial charge in [0.1, 0.15) is 5.82 Å². The van der Waals surface area contributed by atoms with Gasteiger partial charge in [0.2, 0.25) is 15.9 Å². The highest BCUT2D eigenvalue weighted by Crippen LogP contribution is 2.29. The fourth-order valence-corrected chi connectivity index (χ4v) is 7.00. The van der Waals surface area contributed by atoms with Crippen LogP contribution in [0.4, 0.5) is 4.39 Å². The van der Waals surface area contributed by atoms with E-state index in [-0.39, 0.29) is 28.7 Å². The van der Waals surface area contributed by atoms with Crippen LogP contribution in [0.25, 0.3) is 22.4 Å². The Morgan fingerprint density at radius 1 is 1.05 bits per heavy atom. The first-order valence-electron chi connectivity index (χ1n) is 12.9. The number of aryl methyl sites for hydroxylation is 2. The molecule has 2 aliphatic heterocycles. The molecule has 0 saturated carbocycles. The van der Waals surface area contributed by atoms with Crippen molar-refractivity contribution in [2.75, 3.05) is 19.6 Å². The number of rotatable bonds is 4. The van der Waals surface area contributed by atoms with Crippen LogP contribution in [0.2, 0.25) is 0 Å². The smallest absolute Gasteiger partial charge is 0.408 e. The maximum atomic E-state index is 13.6. The molecule has 1 atom stereocenters. The molecule has 0 bridgehead atoms. The van der Waals surface area contributed by atoms with E-state index in [1.165, 1.54) is 33.1 Å². The van der Waals surface area contributed by atoms with Gasteiger partial charge in [0.25, 0.3) is 0 Å². The van der Waals surface area contributed by atoms with Gasteiger partial charge in [0, 0.05) is 44.9 Å². The van der Waals surface area contributed by atoms with Crippen molar-refractivity contribution >= 4 is 27.0 Å². The van der Waals surface area contributed by atoms with Gasteiger partial charge in [0.15, 0.2) is 5.58 Å². The molecule has 2 aliphatic rings. The molecule has 39 heavy (non-hydrogen) atoms. The zero-order valence-corrected chi connectivity index (χ0v) is 22.2. The second-order valence-electron chi connectivity index (χ2n) is 10.1. The number of piperidine rings is 1. The van der Waals surface area contributed by atoms with E-state index in [0.29, 0.717) is 44.5 Å². The van der Waals surface area contributed by atoms with Crippen LogP contribution in [0.1, 0.15) is 25.0 Å². The number of oxazole rings is 1. The predicted molar refractivity (Wildman–Crippen MR) is 141 cm³/mol. The number of hydrogen-bond donors (Lipinski definition) is 0. The van der Waals surface area contributed by atoms with E-state index in [1.807, 2.05) is 10.7 Å². The molecule has 0 spiro atoms. The Kier molecular flexibility index (Phi) is 6.38. The molecule has 1 unspecified atom stereocenters. The van der Waals surface area contributed by atoms with Crippen LogP contribution in [-0.4, -0.2) is 57.5 Å². The molecule has 2 aromatic carbocycles. The molecule has 4 aromatic rings. The van der Waals surface area contributed by atoms with Gasteiger partial charge in [-0.1, -0.05) is 0 Å². The number of carbonyl (C=O) groups excluding carboxylic acids is 1. The minimum Gasteiger partial charge on any atom is -0.408 e. The lowest BCUT2D eigenvalue weighted by molar-refractivity contribution is -0.137. The van der Waals surface area contributed by atoms with Gasteiger partial charge < -0.3 is 9.32 Å². The molecule has 1 saturated heterocycles. The summed E-state index contributed by atoms with van der Waals surface area (Å²) < 4.78 is 50.1. The highest BCUT2D eigenvalue weighted by molar-refractivity contribution is 7.89. The number of amides is 1. The largest absolute Gasteiger partial charge is 0.419 e. The molecule has 0 N–H and O–H groups in total. The summed E-state index contributed by atoms with van der Waals surface area (Å²) in [7, 11) is -2.33. The fourth-order valence-electron chi connectivity index (χ4n) is 5.46. The van der Waals surface area contributed by atoms with E-state index < -0.39 is 21.7 Å². The highest BCUT2D eigenvalue weighted by Gasteiger charge is 2.36. The Hall–Kier alpha value is -3.77. The second-order valence-corrected chi connectivity index (χ2v) is 12.1. The Morgan fingerprint density at radius 3 is 2.64 bits per heavy atom. The van der Waals surface area contributed by atoms with Gasteiger partial charge in [-0.05, 0) is 61.7 Å². The Morgan fingerprint density at radius 2 is 1.85 bits per heavy atom. The van der Waals surface area contributed by atoms with Crippen molar-refractivity contribution in [2.24, 2.45) is 13.0 Å². The lowest BCUT2D eigenvalue weighted by atomic mass is 9.98. The topological polar surface area (TPSA) is 111 Å². The monoisotopic (exact) mass is 553 g/mol. The Balaban J connectivity index is 1.19. The van der Waals surface area contributed by atoms with Crippen LogP contribution in [-0.2, 0) is 35.0 Å². The molecule has 4 heterocycles. The van der Waals surface area contributed by atoms with Gasteiger partial charge in [0.05, 0.1) is 34.3 Å². The van der Waals surface area contributed by atoms with Crippen LogP contribution in [0, 0.1) is 11.7 Å². The van der Waals surface area contributed by atoms with Gasteiger partial charge >= 0.3 is 5.76 Å². The van der Waals surface area contributed by atoms with E-state index >= 15 is 0 Å². The quantitative estimate of drug-likeness (QED) is 0.384. The average Bonchev–Trinajstić information content (AvgIpc) is 3.39. The van der Waals surface area contributed by atoms with Crippen LogP contribution >= 0.6 is 0 Å². The van der Waals surface area contributed by atoms with E-state index in [0.717, 1.165) is 23.4 Å².